The van der Waals surface area contributed by atoms with E-state index in [4.69, 9.17) is 11.6 Å². The highest BCUT2D eigenvalue weighted by Gasteiger charge is 2.26. The summed E-state index contributed by atoms with van der Waals surface area (Å²) in [6.45, 7) is 1.60. The van der Waals surface area contributed by atoms with Gasteiger partial charge in [-0.05, 0) is 60.2 Å². The van der Waals surface area contributed by atoms with Crippen molar-refractivity contribution in [3.63, 3.8) is 0 Å². The first-order chi connectivity index (χ1) is 13.7. The van der Waals surface area contributed by atoms with E-state index in [-0.39, 0.29) is 22.1 Å². The van der Waals surface area contributed by atoms with Crippen molar-refractivity contribution in [1.82, 2.24) is 4.98 Å². The molecule has 1 aromatic heterocycles. The van der Waals surface area contributed by atoms with Crippen LogP contribution in [-0.4, -0.2) is 27.6 Å². The van der Waals surface area contributed by atoms with Crippen LogP contribution in [0.15, 0.2) is 82.8 Å². The quantitative estimate of drug-likeness (QED) is 0.544. The van der Waals surface area contributed by atoms with Gasteiger partial charge in [-0.15, -0.1) is 0 Å². The fourth-order valence-corrected chi connectivity index (χ4v) is 5.16. The Bertz CT molecular complexity index is 1180. The Morgan fingerprint density at radius 2 is 1.52 bits per heavy atom. The number of aromatic nitrogens is 1. The molecule has 0 saturated carbocycles. The van der Waals surface area contributed by atoms with E-state index in [1.54, 1.807) is 48.8 Å². The Balaban J connectivity index is 2.04. The van der Waals surface area contributed by atoms with Crippen molar-refractivity contribution in [2.75, 3.05) is 10.1 Å². The van der Waals surface area contributed by atoms with E-state index in [2.05, 4.69) is 4.98 Å². The third-order valence-corrected chi connectivity index (χ3v) is 8.11. The summed E-state index contributed by atoms with van der Waals surface area (Å²) in [7, 11) is -7.38. The number of rotatable bonds is 7. The summed E-state index contributed by atoms with van der Waals surface area (Å²) in [5, 5.41) is 0.488. The lowest BCUT2D eigenvalue weighted by Crippen LogP contribution is -2.30. The summed E-state index contributed by atoms with van der Waals surface area (Å²) in [6.07, 6.45) is 3.20. The first-order valence-corrected chi connectivity index (χ1v) is 12.2. The number of hydrogen-bond donors (Lipinski definition) is 0. The van der Waals surface area contributed by atoms with Crippen molar-refractivity contribution in [1.29, 1.82) is 0 Å². The van der Waals surface area contributed by atoms with Crippen LogP contribution < -0.4 is 4.31 Å². The second-order valence-corrected chi connectivity index (χ2v) is 10.8. The van der Waals surface area contributed by atoms with Crippen LogP contribution in [0.25, 0.3) is 0 Å². The number of hydrogen-bond acceptors (Lipinski definition) is 5. The number of anilines is 1. The normalized spacial score (nSPS) is 11.9. The van der Waals surface area contributed by atoms with E-state index in [1.165, 1.54) is 35.5 Å². The smallest absolute Gasteiger partial charge is 0.264 e. The van der Waals surface area contributed by atoms with Gasteiger partial charge in [-0.3, -0.25) is 9.29 Å². The molecule has 0 aliphatic carbocycles. The van der Waals surface area contributed by atoms with Crippen LogP contribution >= 0.6 is 11.6 Å². The van der Waals surface area contributed by atoms with Gasteiger partial charge in [0.15, 0.2) is 9.84 Å². The minimum atomic E-state index is -3.97. The molecule has 0 atom stereocenters. The molecule has 3 rings (SSSR count). The Hall–Kier alpha value is -2.42. The van der Waals surface area contributed by atoms with E-state index in [0.29, 0.717) is 16.3 Å². The van der Waals surface area contributed by atoms with E-state index < -0.39 is 19.9 Å². The van der Waals surface area contributed by atoms with Gasteiger partial charge in [-0.2, -0.15) is 0 Å². The average Bonchev–Trinajstić information content (AvgIpc) is 2.73. The van der Waals surface area contributed by atoms with E-state index >= 15 is 0 Å². The van der Waals surface area contributed by atoms with Crippen LogP contribution in [0.2, 0.25) is 5.02 Å². The molecule has 1 heterocycles. The Labute approximate surface area is 175 Å². The number of benzene rings is 2. The zero-order valence-electron chi connectivity index (χ0n) is 15.6. The summed E-state index contributed by atoms with van der Waals surface area (Å²) >= 11 is 5.95. The fourth-order valence-electron chi connectivity index (χ4n) is 2.69. The molecule has 0 fully saturated rings. The summed E-state index contributed by atoms with van der Waals surface area (Å²) in [4.78, 5) is 4.12. The van der Waals surface area contributed by atoms with Gasteiger partial charge in [-0.1, -0.05) is 24.6 Å². The monoisotopic (exact) mass is 450 g/mol. The summed E-state index contributed by atoms with van der Waals surface area (Å²) in [5.74, 6) is -0.0585. The number of sulfone groups is 1. The fraction of sp³-hybridized carbons (Fsp3) is 0.150. The molecule has 0 aliphatic heterocycles. The van der Waals surface area contributed by atoms with Crippen molar-refractivity contribution in [2.24, 2.45) is 0 Å². The van der Waals surface area contributed by atoms with Crippen LogP contribution in [0.3, 0.4) is 0 Å². The topological polar surface area (TPSA) is 84.4 Å². The van der Waals surface area contributed by atoms with Crippen molar-refractivity contribution in [3.8, 4) is 0 Å². The highest BCUT2D eigenvalue weighted by Crippen LogP contribution is 2.28. The SMILES string of the molecule is CCS(=O)(=O)c1ccc(S(=O)(=O)N(Cc2cccnc2)c2ccc(Cl)cc2)cc1. The molecule has 0 radical (unpaired) electrons. The van der Waals surface area contributed by atoms with Crippen molar-refractivity contribution in [3.05, 3.63) is 83.6 Å². The highest BCUT2D eigenvalue weighted by molar-refractivity contribution is 7.93. The lowest BCUT2D eigenvalue weighted by atomic mass is 10.2. The molecule has 0 N–H and O–H groups in total. The van der Waals surface area contributed by atoms with Crippen LogP contribution in [-0.2, 0) is 26.4 Å². The van der Waals surface area contributed by atoms with Crippen molar-refractivity contribution < 1.29 is 16.8 Å². The molecule has 0 bridgehead atoms. The van der Waals surface area contributed by atoms with Gasteiger partial charge < -0.3 is 0 Å². The number of sulfonamides is 1. The van der Waals surface area contributed by atoms with Gasteiger partial charge in [0.1, 0.15) is 0 Å². The Morgan fingerprint density at radius 3 is 2.07 bits per heavy atom. The van der Waals surface area contributed by atoms with Crippen LogP contribution in [0.1, 0.15) is 12.5 Å². The molecule has 152 valence electrons. The molecular weight excluding hydrogens is 432 g/mol. The number of halogens is 1. The molecule has 29 heavy (non-hydrogen) atoms. The molecule has 2 aromatic carbocycles. The van der Waals surface area contributed by atoms with Gasteiger partial charge in [0, 0.05) is 17.4 Å². The largest absolute Gasteiger partial charge is 0.264 e. The molecule has 6 nitrogen and oxygen atoms in total. The number of nitrogens with zero attached hydrogens (tertiary/aromatic N) is 2. The average molecular weight is 451 g/mol. The van der Waals surface area contributed by atoms with Gasteiger partial charge in [0.25, 0.3) is 10.0 Å². The van der Waals surface area contributed by atoms with Gasteiger partial charge in [0.05, 0.1) is 27.8 Å². The molecule has 0 aliphatic rings. The summed E-state index contributed by atoms with van der Waals surface area (Å²) in [5.41, 5.74) is 1.14. The summed E-state index contributed by atoms with van der Waals surface area (Å²) < 4.78 is 52.0. The van der Waals surface area contributed by atoms with Gasteiger partial charge in [0.2, 0.25) is 0 Å². The molecule has 0 saturated heterocycles. The van der Waals surface area contributed by atoms with Crippen LogP contribution in [0.5, 0.6) is 0 Å². The minimum Gasteiger partial charge on any atom is -0.264 e. The zero-order chi connectivity index (χ0) is 21.1. The number of pyridine rings is 1. The van der Waals surface area contributed by atoms with E-state index in [1.807, 2.05) is 0 Å². The second-order valence-electron chi connectivity index (χ2n) is 6.22. The predicted molar refractivity (Wildman–Crippen MR) is 113 cm³/mol. The summed E-state index contributed by atoms with van der Waals surface area (Å²) in [6, 6.07) is 15.2. The third-order valence-electron chi connectivity index (χ3n) is 4.31. The maximum Gasteiger partial charge on any atom is 0.264 e. The lowest BCUT2D eigenvalue weighted by Gasteiger charge is -2.25. The third kappa shape index (κ3) is 4.77. The molecule has 3 aromatic rings. The molecule has 0 unspecified atom stereocenters. The minimum absolute atomic E-state index is 0.00797. The molecular formula is C20H19ClN2O4S2. The second kappa shape index (κ2) is 8.52. The van der Waals surface area contributed by atoms with Crippen molar-refractivity contribution in [2.45, 2.75) is 23.3 Å². The Morgan fingerprint density at radius 1 is 0.897 bits per heavy atom. The van der Waals surface area contributed by atoms with Crippen LogP contribution in [0.4, 0.5) is 5.69 Å². The van der Waals surface area contributed by atoms with Gasteiger partial charge >= 0.3 is 0 Å². The molecule has 9 heteroatoms. The maximum absolute atomic E-state index is 13.4. The van der Waals surface area contributed by atoms with E-state index in [0.717, 1.165) is 0 Å². The lowest BCUT2D eigenvalue weighted by molar-refractivity contribution is 0.588. The predicted octanol–water partition coefficient (Wildman–Crippen LogP) is 3.92. The first-order valence-electron chi connectivity index (χ1n) is 8.74. The van der Waals surface area contributed by atoms with Gasteiger partial charge in [-0.25, -0.2) is 16.8 Å². The maximum atomic E-state index is 13.4. The molecule has 0 spiro atoms. The highest BCUT2D eigenvalue weighted by atomic mass is 35.5. The Kier molecular flexibility index (Phi) is 6.26. The van der Waals surface area contributed by atoms with Crippen LogP contribution in [0, 0.1) is 0 Å². The standard InChI is InChI=1S/C20H19ClN2O4S2/c1-2-28(24,25)19-9-11-20(12-10-19)29(26,27)23(15-16-4-3-13-22-14-16)18-7-5-17(21)6-8-18/h3-14H,2,15H2,1H3. The van der Waals surface area contributed by atoms with E-state index in [9.17, 15) is 16.8 Å². The first kappa shape index (κ1) is 21.3. The molecule has 0 amide bonds. The zero-order valence-corrected chi connectivity index (χ0v) is 18.0. The van der Waals surface area contributed by atoms with Crippen molar-refractivity contribution >= 4 is 37.1 Å².